The predicted octanol–water partition coefficient (Wildman–Crippen LogP) is 5.69. The van der Waals surface area contributed by atoms with Crippen LogP contribution >= 0.6 is 15.9 Å². The van der Waals surface area contributed by atoms with Gasteiger partial charge in [-0.3, -0.25) is 4.79 Å². The number of rotatable bonds is 10. The van der Waals surface area contributed by atoms with E-state index in [9.17, 15) is 14.7 Å². The molecule has 0 fully saturated rings. The number of benzene rings is 2. The van der Waals surface area contributed by atoms with Crippen molar-refractivity contribution in [2.45, 2.75) is 45.4 Å². The van der Waals surface area contributed by atoms with Crippen LogP contribution in [0.3, 0.4) is 0 Å². The highest BCUT2D eigenvalue weighted by atomic mass is 79.9. The van der Waals surface area contributed by atoms with Crippen molar-refractivity contribution in [2.24, 2.45) is 5.41 Å². The monoisotopic (exact) mass is 475 g/mol. The quantitative estimate of drug-likeness (QED) is 0.446. The Labute approximate surface area is 187 Å². The second kappa shape index (κ2) is 10.2. The molecule has 0 saturated carbocycles. The zero-order chi connectivity index (χ0) is 22.4. The fourth-order valence-electron chi connectivity index (χ4n) is 3.61. The first-order valence-corrected chi connectivity index (χ1v) is 10.8. The molecule has 0 heterocycles. The van der Waals surface area contributed by atoms with Crippen LogP contribution in [0.15, 0.2) is 59.1 Å². The topological polar surface area (TPSA) is 66.8 Å². The van der Waals surface area contributed by atoms with E-state index in [1.165, 1.54) is 0 Å². The van der Waals surface area contributed by atoms with Crippen molar-refractivity contribution in [3.05, 3.63) is 70.2 Å². The number of carbonyl (C=O) groups is 2. The third-order valence-corrected chi connectivity index (χ3v) is 5.86. The Morgan fingerprint density at radius 2 is 1.70 bits per heavy atom. The first-order valence-electron chi connectivity index (χ1n) is 10.0. The Bertz CT molecular complexity index is 869. The van der Waals surface area contributed by atoms with Crippen LogP contribution in [0, 0.1) is 5.41 Å². The molecule has 1 N–H and O–H groups in total. The minimum Gasteiger partial charge on any atom is -0.481 e. The lowest BCUT2D eigenvalue weighted by molar-refractivity contribution is -0.143. The maximum atomic E-state index is 12.2. The van der Waals surface area contributed by atoms with Crippen molar-refractivity contribution in [3.8, 4) is 0 Å². The molecule has 0 aliphatic heterocycles. The molecule has 0 radical (unpaired) electrons. The lowest BCUT2D eigenvalue weighted by atomic mass is 9.76. The maximum Gasteiger partial charge on any atom is 0.357 e. The highest BCUT2D eigenvalue weighted by Gasteiger charge is 2.35. The van der Waals surface area contributed by atoms with Crippen molar-refractivity contribution >= 4 is 27.9 Å². The molecule has 2 aromatic rings. The van der Waals surface area contributed by atoms with E-state index in [-0.39, 0.29) is 11.4 Å². The molecule has 1 unspecified atom stereocenters. The molecule has 0 amide bonds. The van der Waals surface area contributed by atoms with Gasteiger partial charge in [0.2, 0.25) is 0 Å². The molecule has 30 heavy (non-hydrogen) atoms. The minimum atomic E-state index is -0.953. The smallest absolute Gasteiger partial charge is 0.357 e. The fraction of sp³-hybridized carbons (Fsp3) is 0.417. The molecule has 0 spiro atoms. The fourth-order valence-corrected chi connectivity index (χ4v) is 4.01. The van der Waals surface area contributed by atoms with Crippen LogP contribution in [0.4, 0.5) is 0 Å². The number of hydroxylamine groups is 2. The van der Waals surface area contributed by atoms with Crippen LogP contribution in [0.5, 0.6) is 0 Å². The number of hydrogen-bond donors (Lipinski definition) is 1. The van der Waals surface area contributed by atoms with Gasteiger partial charge in [0.15, 0.2) is 0 Å². The first-order chi connectivity index (χ1) is 14.0. The summed E-state index contributed by atoms with van der Waals surface area (Å²) in [5.74, 6) is -1.21. The van der Waals surface area contributed by atoms with E-state index in [0.29, 0.717) is 18.5 Å². The number of carboxylic acids is 1. The summed E-state index contributed by atoms with van der Waals surface area (Å²) in [6.07, 6.45) is 2.07. The van der Waals surface area contributed by atoms with Crippen molar-refractivity contribution in [1.82, 2.24) is 5.06 Å². The standard InChI is InChI=1S/C24H30BrNO4/c1-23(2,17-26(4)30-21(27)18-10-6-5-7-11-18)14-9-15-24(3,22(28)29)19-12-8-13-20(25)16-19/h5-8,10-13,16H,9,14-15,17H2,1-4H3,(H,28,29). The van der Waals surface area contributed by atoms with E-state index in [1.807, 2.05) is 30.3 Å². The summed E-state index contributed by atoms with van der Waals surface area (Å²) in [6, 6.07) is 16.4. The second-order valence-electron chi connectivity index (χ2n) is 8.70. The highest BCUT2D eigenvalue weighted by Crippen LogP contribution is 2.34. The van der Waals surface area contributed by atoms with Crippen molar-refractivity contribution < 1.29 is 19.5 Å². The van der Waals surface area contributed by atoms with E-state index < -0.39 is 11.4 Å². The predicted molar refractivity (Wildman–Crippen MR) is 121 cm³/mol. The lowest BCUT2D eigenvalue weighted by Gasteiger charge is -2.31. The molecule has 6 heteroatoms. The SMILES string of the molecule is CN(CC(C)(C)CCCC(C)(C(=O)O)c1cccc(Br)c1)OC(=O)c1ccccc1. The zero-order valence-electron chi connectivity index (χ0n) is 18.0. The lowest BCUT2D eigenvalue weighted by Crippen LogP contribution is -2.35. The van der Waals surface area contributed by atoms with Gasteiger partial charge in [-0.15, -0.1) is 5.06 Å². The number of hydrogen-bond acceptors (Lipinski definition) is 4. The van der Waals surface area contributed by atoms with E-state index in [2.05, 4.69) is 29.8 Å². The molecular formula is C24H30BrNO4. The van der Waals surface area contributed by atoms with Crippen LogP contribution in [-0.2, 0) is 15.0 Å². The molecule has 2 rings (SSSR count). The van der Waals surface area contributed by atoms with E-state index >= 15 is 0 Å². The van der Waals surface area contributed by atoms with Crippen molar-refractivity contribution in [3.63, 3.8) is 0 Å². The molecule has 0 aromatic heterocycles. The Morgan fingerprint density at radius 3 is 2.30 bits per heavy atom. The highest BCUT2D eigenvalue weighted by molar-refractivity contribution is 9.10. The van der Waals surface area contributed by atoms with Gasteiger partial charge in [-0.2, -0.15) is 0 Å². The van der Waals surface area contributed by atoms with Gasteiger partial charge >= 0.3 is 11.9 Å². The van der Waals surface area contributed by atoms with Crippen LogP contribution in [0.2, 0.25) is 0 Å². The third-order valence-electron chi connectivity index (χ3n) is 5.36. The average molecular weight is 476 g/mol. The van der Waals surface area contributed by atoms with Crippen LogP contribution in [0.1, 0.15) is 56.0 Å². The van der Waals surface area contributed by atoms with Crippen LogP contribution in [0.25, 0.3) is 0 Å². The Morgan fingerprint density at radius 1 is 1.03 bits per heavy atom. The van der Waals surface area contributed by atoms with Gasteiger partial charge in [-0.1, -0.05) is 66.5 Å². The van der Waals surface area contributed by atoms with Gasteiger partial charge in [0.1, 0.15) is 0 Å². The number of aliphatic carboxylic acids is 1. The molecule has 2 aromatic carbocycles. The zero-order valence-corrected chi connectivity index (χ0v) is 19.6. The summed E-state index contributed by atoms with van der Waals surface area (Å²) in [7, 11) is 1.74. The number of nitrogens with zero attached hydrogens (tertiary/aromatic N) is 1. The van der Waals surface area contributed by atoms with Crippen LogP contribution in [-0.4, -0.2) is 35.7 Å². The summed E-state index contributed by atoms with van der Waals surface area (Å²) >= 11 is 3.43. The summed E-state index contributed by atoms with van der Waals surface area (Å²) in [4.78, 5) is 29.7. The average Bonchev–Trinajstić information content (AvgIpc) is 2.67. The molecule has 0 aliphatic rings. The van der Waals surface area contributed by atoms with E-state index in [4.69, 9.17) is 4.84 Å². The maximum absolute atomic E-state index is 12.2. The van der Waals surface area contributed by atoms with Crippen molar-refractivity contribution in [1.29, 1.82) is 0 Å². The summed E-state index contributed by atoms with van der Waals surface area (Å²) in [5, 5.41) is 11.4. The minimum absolute atomic E-state index is 0.150. The molecule has 1 atom stereocenters. The first kappa shape index (κ1) is 24.1. The molecule has 162 valence electrons. The van der Waals surface area contributed by atoms with Gasteiger partial charge in [0.25, 0.3) is 0 Å². The summed E-state index contributed by atoms with van der Waals surface area (Å²) in [6.45, 7) is 6.51. The molecule has 0 saturated heterocycles. The third kappa shape index (κ3) is 6.67. The van der Waals surface area contributed by atoms with Gasteiger partial charge in [0.05, 0.1) is 11.0 Å². The summed E-state index contributed by atoms with van der Waals surface area (Å²) in [5.41, 5.74) is 0.193. The molecule has 0 aliphatic carbocycles. The Hall–Kier alpha value is -2.18. The Kier molecular flexibility index (Phi) is 8.21. The molecule has 0 bridgehead atoms. The van der Waals surface area contributed by atoms with E-state index in [0.717, 1.165) is 22.9 Å². The molecule has 5 nitrogen and oxygen atoms in total. The number of carboxylic acid groups (broad SMARTS) is 1. The Balaban J connectivity index is 1.93. The number of halogens is 1. The van der Waals surface area contributed by atoms with E-state index in [1.54, 1.807) is 43.3 Å². The molecular weight excluding hydrogens is 446 g/mol. The normalized spacial score (nSPS) is 13.7. The summed E-state index contributed by atoms with van der Waals surface area (Å²) < 4.78 is 0.870. The van der Waals surface area contributed by atoms with Gasteiger partial charge in [-0.25, -0.2) is 4.79 Å². The van der Waals surface area contributed by atoms with Gasteiger partial charge < -0.3 is 9.94 Å². The van der Waals surface area contributed by atoms with Gasteiger partial charge in [0, 0.05) is 18.1 Å². The largest absolute Gasteiger partial charge is 0.481 e. The van der Waals surface area contributed by atoms with Crippen molar-refractivity contribution in [2.75, 3.05) is 13.6 Å². The second-order valence-corrected chi connectivity index (χ2v) is 9.61. The number of carbonyl (C=O) groups excluding carboxylic acids is 1. The van der Waals surface area contributed by atoms with Gasteiger partial charge in [-0.05, 0) is 55.0 Å². The van der Waals surface area contributed by atoms with Crippen LogP contribution < -0.4 is 0 Å².